The van der Waals surface area contributed by atoms with Gasteiger partial charge in [-0.15, -0.1) is 0 Å². The summed E-state index contributed by atoms with van der Waals surface area (Å²) in [7, 11) is 0. The second-order valence-corrected chi connectivity index (χ2v) is 10.6. The molecule has 7 heteroatoms. The number of carbonyl (C=O) groups is 2. The number of nitrogens with one attached hydrogen (secondary N) is 3. The van der Waals surface area contributed by atoms with Crippen molar-refractivity contribution in [1.82, 2.24) is 20.6 Å². The summed E-state index contributed by atoms with van der Waals surface area (Å²) in [6.45, 7) is 4.22. The topological polar surface area (TPSA) is 117 Å². The second-order valence-electron chi connectivity index (χ2n) is 10.6. The summed E-state index contributed by atoms with van der Waals surface area (Å²) in [5.74, 6) is -0.789. The fourth-order valence-electron chi connectivity index (χ4n) is 5.08. The molecule has 2 rings (SSSR count). The number of aromatic amines is 1. The van der Waals surface area contributed by atoms with Crippen LogP contribution in [0, 0.1) is 0 Å². The molecule has 1 aromatic rings. The molecule has 1 aliphatic rings. The van der Waals surface area contributed by atoms with Crippen LogP contribution in [0.3, 0.4) is 0 Å². The average Bonchev–Trinajstić information content (AvgIpc) is 3.24. The number of aromatic nitrogens is 2. The van der Waals surface area contributed by atoms with Gasteiger partial charge < -0.3 is 15.4 Å². The van der Waals surface area contributed by atoms with Gasteiger partial charge in [-0.2, -0.15) is 0 Å². The lowest BCUT2D eigenvalue weighted by Crippen LogP contribution is -2.36. The molecule has 0 aromatic carbocycles. The summed E-state index contributed by atoms with van der Waals surface area (Å²) in [5.41, 5.74) is -0.241. The number of amides is 1. The SMILES string of the molecule is CCCCCCCCCCCCCCCCCC(=O)NC(C)CC1N[C@@]1(Cc1c[nH]cn1)C(=O)O. The molecule has 0 spiro atoms. The number of nitrogens with zero attached hydrogens (tertiary/aromatic N) is 1. The minimum absolute atomic E-state index is 0.0586. The molecule has 4 N–H and O–H groups in total. The number of hydrogen-bond acceptors (Lipinski definition) is 4. The third-order valence-electron chi connectivity index (χ3n) is 7.34. The van der Waals surface area contributed by atoms with Crippen LogP contribution < -0.4 is 10.6 Å². The lowest BCUT2D eigenvalue weighted by atomic mass is 9.95. The molecule has 1 aliphatic heterocycles. The molecule has 3 atom stereocenters. The molecule has 1 amide bonds. The highest BCUT2D eigenvalue weighted by atomic mass is 16.4. The van der Waals surface area contributed by atoms with E-state index >= 15 is 0 Å². The van der Waals surface area contributed by atoms with Crippen LogP contribution in [0.2, 0.25) is 0 Å². The Morgan fingerprint density at radius 1 is 0.971 bits per heavy atom. The average molecular weight is 491 g/mol. The van der Waals surface area contributed by atoms with Crippen molar-refractivity contribution in [2.75, 3.05) is 0 Å². The van der Waals surface area contributed by atoms with Crippen LogP contribution in [-0.2, 0) is 16.0 Å². The first-order chi connectivity index (χ1) is 17.0. The van der Waals surface area contributed by atoms with E-state index in [1.807, 2.05) is 6.92 Å². The number of carboxylic acids is 1. The van der Waals surface area contributed by atoms with E-state index in [0.29, 0.717) is 19.3 Å². The van der Waals surface area contributed by atoms with E-state index in [4.69, 9.17) is 0 Å². The Labute approximate surface area is 212 Å². The maximum absolute atomic E-state index is 12.3. The summed E-state index contributed by atoms with van der Waals surface area (Å²) in [6, 6.07) is -0.213. The van der Waals surface area contributed by atoms with Crippen LogP contribution in [0.15, 0.2) is 12.5 Å². The van der Waals surface area contributed by atoms with Crippen molar-refractivity contribution in [2.24, 2.45) is 0 Å². The lowest BCUT2D eigenvalue weighted by Gasteiger charge is -2.15. The van der Waals surface area contributed by atoms with Crippen LogP contribution in [-0.4, -0.2) is 44.6 Å². The van der Waals surface area contributed by atoms with E-state index in [1.54, 1.807) is 12.5 Å². The molecule has 0 bridgehead atoms. The summed E-state index contributed by atoms with van der Waals surface area (Å²) in [4.78, 5) is 31.1. The summed E-state index contributed by atoms with van der Waals surface area (Å²) < 4.78 is 0. The zero-order valence-electron chi connectivity index (χ0n) is 22.2. The third-order valence-corrected chi connectivity index (χ3v) is 7.34. The van der Waals surface area contributed by atoms with Crippen molar-refractivity contribution < 1.29 is 14.7 Å². The Morgan fingerprint density at radius 3 is 2.00 bits per heavy atom. The van der Waals surface area contributed by atoms with Crippen molar-refractivity contribution in [1.29, 1.82) is 0 Å². The van der Waals surface area contributed by atoms with E-state index in [1.165, 1.54) is 83.5 Å². The summed E-state index contributed by atoms with van der Waals surface area (Å²) in [5, 5.41) is 15.8. The fourth-order valence-corrected chi connectivity index (χ4v) is 5.08. The minimum atomic E-state index is -0.970. The van der Waals surface area contributed by atoms with Gasteiger partial charge in [-0.1, -0.05) is 96.8 Å². The predicted molar refractivity (Wildman–Crippen MR) is 141 cm³/mol. The predicted octanol–water partition coefficient (Wildman–Crippen LogP) is 5.90. The Bertz CT molecular complexity index is 709. The molecule has 1 saturated heterocycles. The quantitative estimate of drug-likeness (QED) is 0.119. The van der Waals surface area contributed by atoms with Gasteiger partial charge in [0.2, 0.25) is 5.91 Å². The molecule has 0 saturated carbocycles. The van der Waals surface area contributed by atoms with Gasteiger partial charge in [0.1, 0.15) is 5.54 Å². The van der Waals surface area contributed by atoms with Gasteiger partial charge in [0.25, 0.3) is 0 Å². The number of unbranched alkanes of at least 4 members (excludes halogenated alkanes) is 14. The first-order valence-corrected chi connectivity index (χ1v) is 14.3. The van der Waals surface area contributed by atoms with E-state index < -0.39 is 11.5 Å². The summed E-state index contributed by atoms with van der Waals surface area (Å²) >= 11 is 0. The molecule has 35 heavy (non-hydrogen) atoms. The number of carbonyl (C=O) groups excluding carboxylic acids is 1. The number of imidazole rings is 1. The van der Waals surface area contributed by atoms with Crippen molar-refractivity contribution >= 4 is 11.9 Å². The second kappa shape index (κ2) is 16.7. The van der Waals surface area contributed by atoms with Crippen LogP contribution in [0.1, 0.15) is 129 Å². The first-order valence-electron chi connectivity index (χ1n) is 14.3. The van der Waals surface area contributed by atoms with Gasteiger partial charge in [0.05, 0.1) is 12.0 Å². The van der Waals surface area contributed by atoms with Crippen molar-refractivity contribution in [3.63, 3.8) is 0 Å². The van der Waals surface area contributed by atoms with Crippen molar-refractivity contribution in [3.05, 3.63) is 18.2 Å². The maximum atomic E-state index is 12.3. The number of aliphatic carboxylic acids is 1. The number of H-pyrrole nitrogens is 1. The van der Waals surface area contributed by atoms with Crippen molar-refractivity contribution in [2.45, 2.75) is 147 Å². The Balaban J connectivity index is 1.42. The Morgan fingerprint density at radius 2 is 1.51 bits per heavy atom. The fraction of sp³-hybridized carbons (Fsp3) is 0.821. The van der Waals surface area contributed by atoms with Crippen LogP contribution in [0.4, 0.5) is 0 Å². The first kappa shape index (κ1) is 29.3. The van der Waals surface area contributed by atoms with Crippen LogP contribution in [0.25, 0.3) is 0 Å². The van der Waals surface area contributed by atoms with Gasteiger partial charge in [0.15, 0.2) is 0 Å². The van der Waals surface area contributed by atoms with E-state index in [-0.39, 0.29) is 18.0 Å². The van der Waals surface area contributed by atoms with Gasteiger partial charge in [-0.25, -0.2) is 4.98 Å². The lowest BCUT2D eigenvalue weighted by molar-refractivity contribution is -0.140. The van der Waals surface area contributed by atoms with Gasteiger partial charge in [0, 0.05) is 31.1 Å². The molecule has 200 valence electrons. The maximum Gasteiger partial charge on any atom is 0.325 e. The minimum Gasteiger partial charge on any atom is -0.480 e. The van der Waals surface area contributed by atoms with Gasteiger partial charge in [-0.3, -0.25) is 14.9 Å². The largest absolute Gasteiger partial charge is 0.480 e. The highest BCUT2D eigenvalue weighted by Crippen LogP contribution is 2.34. The van der Waals surface area contributed by atoms with E-state index in [0.717, 1.165) is 18.5 Å². The standard InChI is InChI=1S/C28H50N4O3/c1-3-4-5-6-7-8-9-10-11-12-13-14-15-16-17-18-26(33)31-23(2)19-25-28(32-25,27(34)35)20-24-21-29-22-30-24/h21-23,25,32H,3-20H2,1-2H3,(H,29,30)(H,31,33)(H,34,35)/t23?,25?,28-/m1/s1. The smallest absolute Gasteiger partial charge is 0.325 e. The summed E-state index contributed by atoms with van der Waals surface area (Å²) in [6.07, 6.45) is 24.5. The molecule has 7 nitrogen and oxygen atoms in total. The normalized spacial score (nSPS) is 20.0. The molecule has 2 unspecified atom stereocenters. The van der Waals surface area contributed by atoms with Crippen LogP contribution >= 0.6 is 0 Å². The molecule has 0 radical (unpaired) electrons. The van der Waals surface area contributed by atoms with Gasteiger partial charge in [-0.05, 0) is 19.8 Å². The molecule has 1 fully saturated rings. The zero-order chi connectivity index (χ0) is 25.4. The van der Waals surface area contributed by atoms with Crippen LogP contribution in [0.5, 0.6) is 0 Å². The highest BCUT2D eigenvalue weighted by molar-refractivity contribution is 5.84. The monoisotopic (exact) mass is 490 g/mol. The molecule has 1 aromatic heterocycles. The Hall–Kier alpha value is -1.89. The third kappa shape index (κ3) is 11.6. The molecule has 0 aliphatic carbocycles. The van der Waals surface area contributed by atoms with Gasteiger partial charge >= 0.3 is 5.97 Å². The number of hydrogen-bond donors (Lipinski definition) is 4. The van der Waals surface area contributed by atoms with E-state index in [9.17, 15) is 14.7 Å². The molecular formula is C28H50N4O3. The Kier molecular flexibility index (Phi) is 14.0. The number of rotatable bonds is 22. The van der Waals surface area contributed by atoms with E-state index in [2.05, 4.69) is 27.5 Å². The molecular weight excluding hydrogens is 440 g/mol. The molecule has 2 heterocycles. The highest BCUT2D eigenvalue weighted by Gasteiger charge is 2.60. The zero-order valence-corrected chi connectivity index (χ0v) is 22.2. The van der Waals surface area contributed by atoms with Crippen molar-refractivity contribution in [3.8, 4) is 0 Å². The number of carboxylic acid groups (broad SMARTS) is 1.